The highest BCUT2D eigenvalue weighted by molar-refractivity contribution is 5.36. The third-order valence-electron chi connectivity index (χ3n) is 2.52. The SMILES string of the molecule is Cc1ccc([N+](=O)[O-])c(CC(N)CC(C)C)n1. The first-order valence-corrected chi connectivity index (χ1v) is 5.76. The van der Waals surface area contributed by atoms with E-state index in [0.717, 1.165) is 12.1 Å². The lowest BCUT2D eigenvalue weighted by Gasteiger charge is -2.13. The Morgan fingerprint density at radius 3 is 2.65 bits per heavy atom. The van der Waals surface area contributed by atoms with Crippen molar-refractivity contribution < 1.29 is 4.92 Å². The summed E-state index contributed by atoms with van der Waals surface area (Å²) in [5.74, 6) is 0.480. The number of rotatable bonds is 5. The van der Waals surface area contributed by atoms with E-state index >= 15 is 0 Å². The molecule has 1 atom stereocenters. The summed E-state index contributed by atoms with van der Waals surface area (Å²) >= 11 is 0. The van der Waals surface area contributed by atoms with Gasteiger partial charge in [0, 0.05) is 24.2 Å². The molecule has 0 aliphatic heterocycles. The molecule has 0 aromatic carbocycles. The molecule has 5 heteroatoms. The summed E-state index contributed by atoms with van der Waals surface area (Å²) in [6.07, 6.45) is 1.29. The van der Waals surface area contributed by atoms with E-state index in [1.165, 1.54) is 6.07 Å². The minimum atomic E-state index is -0.399. The van der Waals surface area contributed by atoms with Crippen LogP contribution < -0.4 is 5.73 Å². The molecular weight excluding hydrogens is 218 g/mol. The largest absolute Gasteiger partial charge is 0.327 e. The molecule has 0 bridgehead atoms. The fourth-order valence-corrected chi connectivity index (χ4v) is 1.86. The first-order valence-electron chi connectivity index (χ1n) is 5.76. The Kier molecular flexibility index (Phi) is 4.57. The summed E-state index contributed by atoms with van der Waals surface area (Å²) in [4.78, 5) is 14.7. The molecule has 1 heterocycles. The lowest BCUT2D eigenvalue weighted by Crippen LogP contribution is -2.25. The van der Waals surface area contributed by atoms with Crippen LogP contribution in [0.5, 0.6) is 0 Å². The van der Waals surface area contributed by atoms with Crippen LogP contribution in [0.2, 0.25) is 0 Å². The average molecular weight is 237 g/mol. The van der Waals surface area contributed by atoms with Crippen molar-refractivity contribution in [3.05, 3.63) is 33.6 Å². The zero-order valence-corrected chi connectivity index (χ0v) is 10.5. The highest BCUT2D eigenvalue weighted by Gasteiger charge is 2.18. The molecule has 1 aromatic rings. The molecule has 0 aliphatic rings. The van der Waals surface area contributed by atoms with Gasteiger partial charge in [-0.3, -0.25) is 15.1 Å². The monoisotopic (exact) mass is 237 g/mol. The molecule has 0 amide bonds. The van der Waals surface area contributed by atoms with Crippen molar-refractivity contribution in [2.75, 3.05) is 0 Å². The van der Waals surface area contributed by atoms with Crippen LogP contribution in [-0.2, 0) is 6.42 Å². The molecule has 0 saturated heterocycles. The molecule has 0 saturated carbocycles. The summed E-state index contributed by atoms with van der Waals surface area (Å²) in [5.41, 5.74) is 7.30. The zero-order valence-electron chi connectivity index (χ0n) is 10.5. The number of nitrogens with zero attached hydrogens (tertiary/aromatic N) is 2. The summed E-state index contributed by atoms with van der Waals surface area (Å²) in [7, 11) is 0. The second-order valence-corrected chi connectivity index (χ2v) is 4.77. The summed E-state index contributed by atoms with van der Waals surface area (Å²) in [6.45, 7) is 5.98. The van der Waals surface area contributed by atoms with Crippen molar-refractivity contribution in [3.8, 4) is 0 Å². The van der Waals surface area contributed by atoms with Gasteiger partial charge in [0.15, 0.2) is 0 Å². The second-order valence-electron chi connectivity index (χ2n) is 4.77. The van der Waals surface area contributed by atoms with Gasteiger partial charge >= 0.3 is 0 Å². The predicted molar refractivity (Wildman–Crippen MR) is 66.8 cm³/mol. The van der Waals surface area contributed by atoms with Gasteiger partial charge < -0.3 is 5.73 Å². The van der Waals surface area contributed by atoms with Crippen molar-refractivity contribution in [2.45, 2.75) is 39.7 Å². The van der Waals surface area contributed by atoms with E-state index in [0.29, 0.717) is 18.0 Å². The Hall–Kier alpha value is -1.49. The Morgan fingerprint density at radius 1 is 1.47 bits per heavy atom. The van der Waals surface area contributed by atoms with E-state index in [2.05, 4.69) is 18.8 Å². The highest BCUT2D eigenvalue weighted by Crippen LogP contribution is 2.19. The van der Waals surface area contributed by atoms with Crippen LogP contribution in [0.1, 0.15) is 31.7 Å². The Labute approximate surface area is 101 Å². The fourth-order valence-electron chi connectivity index (χ4n) is 1.86. The maximum Gasteiger partial charge on any atom is 0.290 e. The first kappa shape index (κ1) is 13.6. The van der Waals surface area contributed by atoms with Crippen LogP contribution in [0, 0.1) is 23.0 Å². The summed E-state index contributed by atoms with van der Waals surface area (Å²) in [6, 6.07) is 3.07. The Bertz CT molecular complexity index is 405. The number of nitrogens with two attached hydrogens (primary N) is 1. The quantitative estimate of drug-likeness (QED) is 0.628. The molecule has 1 aromatic heterocycles. The molecule has 2 N–H and O–H groups in total. The molecular formula is C12H19N3O2. The highest BCUT2D eigenvalue weighted by atomic mass is 16.6. The summed E-state index contributed by atoms with van der Waals surface area (Å²) in [5, 5.41) is 10.9. The van der Waals surface area contributed by atoms with Crippen molar-refractivity contribution in [2.24, 2.45) is 11.7 Å². The maximum absolute atomic E-state index is 10.9. The van der Waals surface area contributed by atoms with Gasteiger partial charge in [0.1, 0.15) is 5.69 Å². The minimum Gasteiger partial charge on any atom is -0.327 e. The number of aromatic nitrogens is 1. The molecule has 94 valence electrons. The number of pyridine rings is 1. The molecule has 17 heavy (non-hydrogen) atoms. The van der Waals surface area contributed by atoms with Crippen molar-refractivity contribution in [3.63, 3.8) is 0 Å². The van der Waals surface area contributed by atoms with Crippen molar-refractivity contribution in [1.29, 1.82) is 0 Å². The number of aryl methyl sites for hydroxylation is 1. The number of hydrogen-bond acceptors (Lipinski definition) is 4. The van der Waals surface area contributed by atoms with Gasteiger partial charge in [-0.15, -0.1) is 0 Å². The van der Waals surface area contributed by atoms with E-state index in [1.807, 2.05) is 6.92 Å². The van der Waals surface area contributed by atoms with Gasteiger partial charge in [-0.05, 0) is 25.3 Å². The van der Waals surface area contributed by atoms with Gasteiger partial charge in [-0.1, -0.05) is 13.8 Å². The minimum absolute atomic E-state index is 0.0646. The Balaban J connectivity index is 2.88. The van der Waals surface area contributed by atoms with E-state index in [-0.39, 0.29) is 11.7 Å². The molecule has 0 aliphatic carbocycles. The summed E-state index contributed by atoms with van der Waals surface area (Å²) < 4.78 is 0. The maximum atomic E-state index is 10.9. The van der Waals surface area contributed by atoms with Gasteiger partial charge in [0.25, 0.3) is 5.69 Å². The standard InChI is InChI=1S/C12H19N3O2/c1-8(2)6-10(13)7-11-12(15(16)17)5-4-9(3)14-11/h4-5,8,10H,6-7,13H2,1-3H3. The molecule has 0 fully saturated rings. The van der Waals surface area contributed by atoms with Gasteiger partial charge in [-0.25, -0.2) is 0 Å². The molecule has 0 radical (unpaired) electrons. The van der Waals surface area contributed by atoms with Crippen LogP contribution in [0.4, 0.5) is 5.69 Å². The van der Waals surface area contributed by atoms with Gasteiger partial charge in [-0.2, -0.15) is 0 Å². The predicted octanol–water partition coefficient (Wildman–Crippen LogP) is 2.21. The van der Waals surface area contributed by atoms with Gasteiger partial charge in [0.2, 0.25) is 0 Å². The first-order chi connectivity index (χ1) is 7.90. The third kappa shape index (κ3) is 4.11. The number of nitro groups is 1. The lowest BCUT2D eigenvalue weighted by molar-refractivity contribution is -0.386. The van der Waals surface area contributed by atoms with E-state index < -0.39 is 4.92 Å². The van der Waals surface area contributed by atoms with Crippen LogP contribution in [0.3, 0.4) is 0 Å². The van der Waals surface area contributed by atoms with Crippen molar-refractivity contribution in [1.82, 2.24) is 4.98 Å². The van der Waals surface area contributed by atoms with Crippen LogP contribution in [0.15, 0.2) is 12.1 Å². The third-order valence-corrected chi connectivity index (χ3v) is 2.52. The number of hydrogen-bond donors (Lipinski definition) is 1. The van der Waals surface area contributed by atoms with Crippen LogP contribution >= 0.6 is 0 Å². The zero-order chi connectivity index (χ0) is 13.0. The van der Waals surface area contributed by atoms with Crippen LogP contribution in [0.25, 0.3) is 0 Å². The van der Waals surface area contributed by atoms with E-state index in [9.17, 15) is 10.1 Å². The lowest BCUT2D eigenvalue weighted by atomic mass is 10.00. The molecule has 0 spiro atoms. The van der Waals surface area contributed by atoms with Crippen LogP contribution in [-0.4, -0.2) is 15.9 Å². The fraction of sp³-hybridized carbons (Fsp3) is 0.583. The molecule has 1 unspecified atom stereocenters. The smallest absolute Gasteiger partial charge is 0.290 e. The second kappa shape index (κ2) is 5.72. The average Bonchev–Trinajstić information content (AvgIpc) is 2.15. The van der Waals surface area contributed by atoms with E-state index in [1.54, 1.807) is 6.07 Å². The Morgan fingerprint density at radius 2 is 2.12 bits per heavy atom. The van der Waals surface area contributed by atoms with Crippen molar-refractivity contribution >= 4 is 5.69 Å². The van der Waals surface area contributed by atoms with E-state index in [4.69, 9.17) is 5.73 Å². The van der Waals surface area contributed by atoms with Gasteiger partial charge in [0.05, 0.1) is 4.92 Å². The molecule has 1 rings (SSSR count). The molecule has 5 nitrogen and oxygen atoms in total. The normalized spacial score (nSPS) is 12.8. The topological polar surface area (TPSA) is 82.0 Å².